The Kier molecular flexibility index (Phi) is 10.0. The summed E-state index contributed by atoms with van der Waals surface area (Å²) < 4.78 is 28.5. The van der Waals surface area contributed by atoms with Gasteiger partial charge in [0.25, 0.3) is 0 Å². The fourth-order valence-electron chi connectivity index (χ4n) is 3.99. The van der Waals surface area contributed by atoms with E-state index in [0.29, 0.717) is 11.3 Å². The molecule has 0 spiro atoms. The molecule has 2 nitrogen and oxygen atoms in total. The number of rotatable bonds is 9. The van der Waals surface area contributed by atoms with E-state index in [1.54, 1.807) is 24.3 Å². The second-order valence-electron chi connectivity index (χ2n) is 9.38. The van der Waals surface area contributed by atoms with E-state index in [9.17, 15) is 8.42 Å². The fourth-order valence-corrected chi connectivity index (χ4v) is 5.93. The van der Waals surface area contributed by atoms with Gasteiger partial charge in [0.05, 0.1) is 4.90 Å². The molecule has 0 aliphatic heterocycles. The first-order valence-corrected chi connectivity index (χ1v) is 15.0. The van der Waals surface area contributed by atoms with E-state index < -0.39 is 9.84 Å². The lowest BCUT2D eigenvalue weighted by Crippen LogP contribution is -2.07. The zero-order valence-corrected chi connectivity index (χ0v) is 25.1. The van der Waals surface area contributed by atoms with Crippen molar-refractivity contribution in [3.8, 4) is 0 Å². The molecular weight excluding hydrogens is 560 g/mol. The lowest BCUT2D eigenvalue weighted by atomic mass is 9.88. The Morgan fingerprint density at radius 2 is 1.51 bits per heavy atom. The summed E-state index contributed by atoms with van der Waals surface area (Å²) in [6.45, 7) is 12.5. The average molecular weight is 594 g/mol. The van der Waals surface area contributed by atoms with Crippen molar-refractivity contribution in [1.29, 1.82) is 0 Å². The van der Waals surface area contributed by atoms with Gasteiger partial charge in [-0.05, 0) is 85.2 Å². The smallest absolute Gasteiger partial charge is 0.214 e. The fraction of sp³-hybridized carbons (Fsp3) is 0.219. The molecule has 0 N–H and O–H groups in total. The molecule has 0 amide bonds. The summed E-state index contributed by atoms with van der Waals surface area (Å²) in [6, 6.07) is 24.5. The first kappa shape index (κ1) is 29.0. The van der Waals surface area contributed by atoms with Gasteiger partial charge in [0, 0.05) is 15.8 Å². The van der Waals surface area contributed by atoms with Crippen LogP contribution in [0.3, 0.4) is 0 Å². The van der Waals surface area contributed by atoms with Gasteiger partial charge in [-0.3, -0.25) is 0 Å². The number of hydrogen-bond donors (Lipinski definition) is 1. The minimum Gasteiger partial charge on any atom is -0.218 e. The highest BCUT2D eigenvalue weighted by atomic mass is 79.9. The molecule has 1 atom stereocenters. The number of halogens is 1. The van der Waals surface area contributed by atoms with Gasteiger partial charge in [-0.25, -0.2) is 8.42 Å². The van der Waals surface area contributed by atoms with Crippen molar-refractivity contribution in [2.45, 2.75) is 44.8 Å². The highest BCUT2D eigenvalue weighted by Crippen LogP contribution is 2.33. The number of thiol groups is 1. The van der Waals surface area contributed by atoms with Crippen molar-refractivity contribution in [3.05, 3.63) is 128 Å². The van der Waals surface area contributed by atoms with E-state index in [0.717, 1.165) is 22.0 Å². The Morgan fingerprint density at radius 3 is 2.05 bits per heavy atom. The molecule has 0 heterocycles. The highest BCUT2D eigenvalue weighted by Gasteiger charge is 2.25. The molecule has 192 valence electrons. The van der Waals surface area contributed by atoms with E-state index in [4.69, 9.17) is 0 Å². The van der Waals surface area contributed by atoms with Crippen LogP contribution in [0.4, 0.5) is 0 Å². The molecule has 3 aromatic rings. The summed E-state index contributed by atoms with van der Waals surface area (Å²) >= 11 is 7.75. The average Bonchev–Trinajstić information content (AvgIpc) is 2.90. The lowest BCUT2D eigenvalue weighted by molar-refractivity contribution is 0.603. The van der Waals surface area contributed by atoms with Gasteiger partial charge in [0.2, 0.25) is 9.84 Å². The molecular formula is C32H33BrO2S2. The van der Waals surface area contributed by atoms with Crippen molar-refractivity contribution < 1.29 is 8.42 Å². The molecule has 0 saturated carbocycles. The van der Waals surface area contributed by atoms with Crippen LogP contribution in [0.15, 0.2) is 117 Å². The van der Waals surface area contributed by atoms with E-state index in [1.807, 2.05) is 37.3 Å². The topological polar surface area (TPSA) is 34.1 Å². The molecule has 0 saturated heterocycles. The number of sulfone groups is 1. The van der Waals surface area contributed by atoms with Crippen molar-refractivity contribution >= 4 is 49.5 Å². The predicted octanol–water partition coefficient (Wildman–Crippen LogP) is 9.31. The van der Waals surface area contributed by atoms with Crippen LogP contribution in [0.1, 0.15) is 50.8 Å². The van der Waals surface area contributed by atoms with Gasteiger partial charge in [-0.2, -0.15) is 12.6 Å². The lowest BCUT2D eigenvalue weighted by Gasteiger charge is -2.17. The maximum absolute atomic E-state index is 13.8. The van der Waals surface area contributed by atoms with Crippen LogP contribution in [0.25, 0.3) is 11.1 Å². The zero-order valence-electron chi connectivity index (χ0n) is 21.8. The minimum absolute atomic E-state index is 0.0631. The van der Waals surface area contributed by atoms with Gasteiger partial charge in [0.15, 0.2) is 0 Å². The number of benzene rings is 3. The summed E-state index contributed by atoms with van der Waals surface area (Å²) in [5.74, 6) is 0.766. The summed E-state index contributed by atoms with van der Waals surface area (Å²) in [7, 11) is -3.85. The summed E-state index contributed by atoms with van der Waals surface area (Å²) in [6.07, 6.45) is 0.769. The summed E-state index contributed by atoms with van der Waals surface area (Å²) in [4.78, 5) is 0.312. The van der Waals surface area contributed by atoms with Gasteiger partial charge in [0.1, 0.15) is 4.91 Å². The van der Waals surface area contributed by atoms with Crippen LogP contribution < -0.4 is 0 Å². The summed E-state index contributed by atoms with van der Waals surface area (Å²) in [5, 5.41) is 0. The van der Waals surface area contributed by atoms with Crippen LogP contribution in [-0.2, 0) is 15.6 Å². The maximum atomic E-state index is 13.8. The van der Waals surface area contributed by atoms with Gasteiger partial charge >= 0.3 is 0 Å². The normalized spacial score (nSPS) is 11.8. The molecule has 0 aliphatic carbocycles. The van der Waals surface area contributed by atoms with Crippen molar-refractivity contribution in [2.75, 3.05) is 0 Å². The molecule has 0 aromatic heterocycles. The quantitative estimate of drug-likeness (QED) is 0.152. The Bertz CT molecular complexity index is 1450. The molecule has 37 heavy (non-hydrogen) atoms. The number of hydrogen-bond acceptors (Lipinski definition) is 3. The Labute approximate surface area is 236 Å². The minimum atomic E-state index is -3.85. The Balaban J connectivity index is 2.09. The van der Waals surface area contributed by atoms with Crippen molar-refractivity contribution in [3.63, 3.8) is 0 Å². The van der Waals surface area contributed by atoms with Gasteiger partial charge in [-0.1, -0.05) is 89.6 Å². The van der Waals surface area contributed by atoms with Crippen molar-refractivity contribution in [1.82, 2.24) is 0 Å². The standard InChI is InChI=1S/C32H33BrO2S2/c1-22(2)31(28-13-11-26(21-36)12-14-28)19-23(3)24(4)20-32(25(5)27-9-7-6-8-10-27)37(34,35)30-17-15-29(33)16-18-30/h6-18,23,36H,5,19,21H2,1-4H3. The molecule has 0 radical (unpaired) electrons. The van der Waals surface area contributed by atoms with Crippen LogP contribution in [0.5, 0.6) is 0 Å². The van der Waals surface area contributed by atoms with E-state index in [2.05, 4.69) is 85.9 Å². The third-order valence-corrected chi connectivity index (χ3v) is 9.11. The maximum Gasteiger partial charge on any atom is 0.214 e. The second kappa shape index (κ2) is 12.8. The van der Waals surface area contributed by atoms with Crippen LogP contribution >= 0.6 is 28.6 Å². The van der Waals surface area contributed by atoms with Crippen LogP contribution in [-0.4, -0.2) is 8.42 Å². The first-order chi connectivity index (χ1) is 17.5. The zero-order chi connectivity index (χ0) is 27.2. The molecule has 3 rings (SSSR count). The van der Waals surface area contributed by atoms with Crippen molar-refractivity contribution in [2.24, 2.45) is 5.92 Å². The number of allylic oxidation sites excluding steroid dienone is 3. The van der Waals surface area contributed by atoms with Crippen LogP contribution in [0.2, 0.25) is 0 Å². The second-order valence-corrected chi connectivity index (χ2v) is 12.5. The largest absolute Gasteiger partial charge is 0.218 e. The molecule has 3 aromatic carbocycles. The Morgan fingerprint density at radius 1 is 0.919 bits per heavy atom. The van der Waals surface area contributed by atoms with E-state index in [1.165, 1.54) is 22.3 Å². The summed E-state index contributed by atoms with van der Waals surface area (Å²) in [5.41, 5.74) is 10.2. The van der Waals surface area contributed by atoms with Gasteiger partial charge < -0.3 is 0 Å². The van der Waals surface area contributed by atoms with Gasteiger partial charge in [-0.15, -0.1) is 5.73 Å². The van der Waals surface area contributed by atoms with E-state index >= 15 is 0 Å². The SMILES string of the molecule is C=C(C(=C=C(C)C(C)CC(=C(C)C)c1ccc(CS)cc1)S(=O)(=O)c1ccc(Br)cc1)c1ccccc1. The molecule has 1 unspecified atom stereocenters. The third-order valence-electron chi connectivity index (χ3n) is 6.44. The Hall–Kier alpha value is -2.56. The molecule has 0 fully saturated rings. The molecule has 0 aliphatic rings. The molecule has 0 bridgehead atoms. The van der Waals surface area contributed by atoms with Crippen LogP contribution in [0, 0.1) is 5.92 Å². The third kappa shape index (κ3) is 7.27. The first-order valence-electron chi connectivity index (χ1n) is 12.1. The molecule has 5 heteroatoms. The van der Waals surface area contributed by atoms with E-state index in [-0.39, 0.29) is 15.7 Å². The predicted molar refractivity (Wildman–Crippen MR) is 164 cm³/mol. The monoisotopic (exact) mass is 592 g/mol. The highest BCUT2D eigenvalue weighted by molar-refractivity contribution is 9.10.